The molecule has 0 bridgehead atoms. The molecule has 0 aliphatic heterocycles. The van der Waals surface area contributed by atoms with Crippen molar-refractivity contribution in [1.82, 2.24) is 0 Å². The molecule has 3 heteroatoms. The van der Waals surface area contributed by atoms with Crippen molar-refractivity contribution in [2.75, 3.05) is 6.61 Å². The van der Waals surface area contributed by atoms with Crippen LogP contribution in [0.1, 0.15) is 31.2 Å². The Labute approximate surface area is 101 Å². The van der Waals surface area contributed by atoms with E-state index in [4.69, 9.17) is 22.4 Å². The lowest BCUT2D eigenvalue weighted by Gasteiger charge is -2.17. The van der Waals surface area contributed by atoms with Gasteiger partial charge in [0.2, 0.25) is 0 Å². The van der Waals surface area contributed by atoms with Crippen LogP contribution in [-0.4, -0.2) is 17.8 Å². The molecule has 0 aromatic heterocycles. The zero-order valence-electron chi connectivity index (χ0n) is 9.32. The molecule has 2 nitrogen and oxygen atoms in total. The summed E-state index contributed by atoms with van der Waals surface area (Å²) in [5.74, 6) is 0. The molecule has 1 unspecified atom stereocenters. The highest BCUT2D eigenvalue weighted by Gasteiger charge is 2.43. The summed E-state index contributed by atoms with van der Waals surface area (Å²) in [6.07, 6.45) is 4.41. The van der Waals surface area contributed by atoms with Gasteiger partial charge in [-0.05, 0) is 48.8 Å². The van der Waals surface area contributed by atoms with Crippen molar-refractivity contribution in [3.8, 4) is 0 Å². The maximum Gasteiger partial charge on any atom is 0.0582 e. The van der Waals surface area contributed by atoms with E-state index < -0.39 is 0 Å². The van der Waals surface area contributed by atoms with Crippen molar-refractivity contribution in [3.05, 3.63) is 34.9 Å². The average Bonchev–Trinajstić information content (AvgIpc) is 3.08. The number of hydrogen-bond donors (Lipinski definition) is 2. The highest BCUT2D eigenvalue weighted by atomic mass is 35.5. The van der Waals surface area contributed by atoms with Gasteiger partial charge >= 0.3 is 0 Å². The first-order valence-corrected chi connectivity index (χ1v) is 6.17. The molecule has 3 N–H and O–H groups in total. The Hall–Kier alpha value is -0.570. The first-order chi connectivity index (χ1) is 7.66. The Morgan fingerprint density at radius 3 is 2.44 bits per heavy atom. The highest BCUT2D eigenvalue weighted by molar-refractivity contribution is 6.30. The molecular weight excluding hydrogens is 222 g/mol. The lowest BCUT2D eigenvalue weighted by molar-refractivity contribution is 0.255. The van der Waals surface area contributed by atoms with Crippen molar-refractivity contribution in [2.45, 2.75) is 37.1 Å². The first kappa shape index (κ1) is 11.9. The van der Waals surface area contributed by atoms with E-state index in [1.165, 1.54) is 18.4 Å². The highest BCUT2D eigenvalue weighted by Crippen LogP contribution is 2.51. The molecule has 1 aromatic rings. The van der Waals surface area contributed by atoms with Gasteiger partial charge in [-0.1, -0.05) is 23.7 Å². The van der Waals surface area contributed by atoms with Crippen LogP contribution in [0.5, 0.6) is 0 Å². The molecule has 1 aromatic carbocycles. The van der Waals surface area contributed by atoms with Crippen LogP contribution in [0.15, 0.2) is 24.3 Å². The third-order valence-electron chi connectivity index (χ3n) is 3.54. The predicted octanol–water partition coefficient (Wildman–Crippen LogP) is 2.47. The van der Waals surface area contributed by atoms with E-state index in [0.717, 1.165) is 17.9 Å². The largest absolute Gasteiger partial charge is 0.395 e. The van der Waals surface area contributed by atoms with Gasteiger partial charge in [-0.3, -0.25) is 0 Å². The van der Waals surface area contributed by atoms with Crippen LogP contribution in [0.25, 0.3) is 0 Å². The second-order valence-corrected chi connectivity index (χ2v) is 5.20. The zero-order valence-corrected chi connectivity index (χ0v) is 10.1. The normalized spacial score (nSPS) is 19.4. The number of rotatable bonds is 5. The number of aliphatic hydroxyl groups is 1. The van der Waals surface area contributed by atoms with E-state index in [9.17, 15) is 0 Å². The minimum Gasteiger partial charge on any atom is -0.395 e. The third-order valence-corrected chi connectivity index (χ3v) is 3.79. The molecule has 16 heavy (non-hydrogen) atoms. The molecule has 1 aliphatic carbocycles. The Morgan fingerprint density at radius 2 is 1.94 bits per heavy atom. The molecule has 1 aliphatic rings. The van der Waals surface area contributed by atoms with Gasteiger partial charge in [-0.25, -0.2) is 0 Å². The molecule has 2 rings (SSSR count). The maximum absolute atomic E-state index is 8.92. The van der Waals surface area contributed by atoms with Crippen LogP contribution in [0.2, 0.25) is 5.02 Å². The fourth-order valence-corrected chi connectivity index (χ4v) is 2.32. The summed E-state index contributed by atoms with van der Waals surface area (Å²) >= 11 is 5.88. The fraction of sp³-hybridized carbons (Fsp3) is 0.538. The Balaban J connectivity index is 2.00. The van der Waals surface area contributed by atoms with E-state index in [0.29, 0.717) is 5.41 Å². The van der Waals surface area contributed by atoms with E-state index in [1.54, 1.807) is 0 Å². The minimum absolute atomic E-state index is 0.0789. The first-order valence-electron chi connectivity index (χ1n) is 5.79. The molecule has 1 atom stereocenters. The molecule has 0 amide bonds. The summed E-state index contributed by atoms with van der Waals surface area (Å²) in [5, 5.41) is 9.70. The SMILES string of the molecule is NC(CO)CCC1(c2ccc(Cl)cc2)CC1. The quantitative estimate of drug-likeness (QED) is 0.829. The molecule has 0 radical (unpaired) electrons. The van der Waals surface area contributed by atoms with Crippen LogP contribution in [0.4, 0.5) is 0 Å². The fourth-order valence-electron chi connectivity index (χ4n) is 2.19. The summed E-state index contributed by atoms with van der Waals surface area (Å²) < 4.78 is 0. The van der Waals surface area contributed by atoms with Gasteiger partial charge < -0.3 is 10.8 Å². The predicted molar refractivity (Wildman–Crippen MR) is 66.7 cm³/mol. The zero-order chi connectivity index (χ0) is 11.6. The second-order valence-electron chi connectivity index (χ2n) is 4.77. The second kappa shape index (κ2) is 4.74. The summed E-state index contributed by atoms with van der Waals surface area (Å²) in [6, 6.07) is 8.04. The number of halogens is 1. The van der Waals surface area contributed by atoms with Crippen molar-refractivity contribution < 1.29 is 5.11 Å². The number of benzene rings is 1. The number of nitrogens with two attached hydrogens (primary N) is 1. The topological polar surface area (TPSA) is 46.2 Å². The summed E-state index contributed by atoms with van der Waals surface area (Å²) in [5.41, 5.74) is 7.42. The van der Waals surface area contributed by atoms with E-state index in [2.05, 4.69) is 12.1 Å². The van der Waals surface area contributed by atoms with Gasteiger partial charge in [0.1, 0.15) is 0 Å². The summed E-state index contributed by atoms with van der Waals surface area (Å²) in [7, 11) is 0. The summed E-state index contributed by atoms with van der Waals surface area (Å²) in [6.45, 7) is 0.0801. The molecule has 0 heterocycles. The molecular formula is C13H18ClNO. The average molecular weight is 240 g/mol. The summed E-state index contributed by atoms with van der Waals surface area (Å²) in [4.78, 5) is 0. The van der Waals surface area contributed by atoms with Gasteiger partial charge in [0, 0.05) is 11.1 Å². The van der Waals surface area contributed by atoms with E-state index >= 15 is 0 Å². The van der Waals surface area contributed by atoms with Crippen LogP contribution >= 0.6 is 11.6 Å². The third kappa shape index (κ3) is 2.57. The van der Waals surface area contributed by atoms with Crippen LogP contribution < -0.4 is 5.73 Å². The van der Waals surface area contributed by atoms with Crippen molar-refractivity contribution in [1.29, 1.82) is 0 Å². The van der Waals surface area contributed by atoms with E-state index in [-0.39, 0.29) is 12.6 Å². The minimum atomic E-state index is -0.0789. The molecule has 1 fully saturated rings. The lowest BCUT2D eigenvalue weighted by Crippen LogP contribution is -2.25. The molecule has 0 spiro atoms. The smallest absolute Gasteiger partial charge is 0.0582 e. The molecule has 1 saturated carbocycles. The molecule has 88 valence electrons. The van der Waals surface area contributed by atoms with Crippen LogP contribution in [-0.2, 0) is 5.41 Å². The van der Waals surface area contributed by atoms with Gasteiger partial charge in [-0.15, -0.1) is 0 Å². The standard InChI is InChI=1S/C13H18ClNO/c14-11-3-1-10(2-4-11)13(7-8-13)6-5-12(15)9-16/h1-4,12,16H,5-9,15H2. The monoisotopic (exact) mass is 239 g/mol. The van der Waals surface area contributed by atoms with Crippen molar-refractivity contribution >= 4 is 11.6 Å². The van der Waals surface area contributed by atoms with Crippen LogP contribution in [0, 0.1) is 0 Å². The Kier molecular flexibility index (Phi) is 3.53. The van der Waals surface area contributed by atoms with Crippen molar-refractivity contribution in [2.24, 2.45) is 5.73 Å². The number of hydrogen-bond acceptors (Lipinski definition) is 2. The van der Waals surface area contributed by atoms with E-state index in [1.807, 2.05) is 12.1 Å². The number of aliphatic hydroxyl groups excluding tert-OH is 1. The van der Waals surface area contributed by atoms with Gasteiger partial charge in [-0.2, -0.15) is 0 Å². The lowest BCUT2D eigenvalue weighted by atomic mass is 9.89. The Morgan fingerprint density at radius 1 is 1.31 bits per heavy atom. The van der Waals surface area contributed by atoms with Gasteiger partial charge in [0.05, 0.1) is 6.61 Å². The Bertz CT molecular complexity index is 345. The van der Waals surface area contributed by atoms with Crippen molar-refractivity contribution in [3.63, 3.8) is 0 Å². The van der Waals surface area contributed by atoms with Gasteiger partial charge in [0.25, 0.3) is 0 Å². The van der Waals surface area contributed by atoms with Gasteiger partial charge in [0.15, 0.2) is 0 Å². The molecule has 0 saturated heterocycles. The maximum atomic E-state index is 8.92. The van der Waals surface area contributed by atoms with Crippen LogP contribution in [0.3, 0.4) is 0 Å².